The molecule has 1 rings (SSSR count). The van der Waals surface area contributed by atoms with E-state index in [0.29, 0.717) is 0 Å². The minimum atomic E-state index is -0.199. The minimum Gasteiger partial charge on any atom is -0.331 e. The van der Waals surface area contributed by atoms with Crippen molar-refractivity contribution in [3.8, 4) is 0 Å². The SMILES string of the molecule is CN[C@H](C)C(=O)N1CCC[C@@H]1C(C)=O. The third kappa shape index (κ3) is 2.12. The van der Waals surface area contributed by atoms with Gasteiger partial charge in [-0.3, -0.25) is 9.59 Å². The van der Waals surface area contributed by atoms with Crippen LogP contribution in [0.5, 0.6) is 0 Å². The summed E-state index contributed by atoms with van der Waals surface area (Å²) < 4.78 is 0. The van der Waals surface area contributed by atoms with Crippen molar-refractivity contribution in [2.45, 2.75) is 38.8 Å². The number of likely N-dealkylation sites (tertiary alicyclic amines) is 1. The quantitative estimate of drug-likeness (QED) is 0.703. The van der Waals surface area contributed by atoms with E-state index < -0.39 is 0 Å². The van der Waals surface area contributed by atoms with Crippen molar-refractivity contribution in [3.63, 3.8) is 0 Å². The lowest BCUT2D eigenvalue weighted by molar-refractivity contribution is -0.138. The molecule has 0 radical (unpaired) electrons. The number of carbonyl (C=O) groups excluding carboxylic acids is 2. The van der Waals surface area contributed by atoms with Gasteiger partial charge in [0, 0.05) is 6.54 Å². The van der Waals surface area contributed by atoms with Gasteiger partial charge < -0.3 is 10.2 Å². The first-order valence-corrected chi connectivity index (χ1v) is 5.06. The van der Waals surface area contributed by atoms with Crippen molar-refractivity contribution in [2.24, 2.45) is 0 Å². The third-order valence-corrected chi connectivity index (χ3v) is 2.81. The van der Waals surface area contributed by atoms with E-state index in [0.717, 1.165) is 19.4 Å². The third-order valence-electron chi connectivity index (χ3n) is 2.81. The molecule has 0 unspecified atom stereocenters. The van der Waals surface area contributed by atoms with E-state index >= 15 is 0 Å². The van der Waals surface area contributed by atoms with E-state index in [-0.39, 0.29) is 23.8 Å². The number of carbonyl (C=O) groups is 2. The number of nitrogens with one attached hydrogen (secondary N) is 1. The largest absolute Gasteiger partial charge is 0.331 e. The number of rotatable bonds is 3. The topological polar surface area (TPSA) is 49.4 Å². The zero-order valence-corrected chi connectivity index (χ0v) is 9.04. The summed E-state index contributed by atoms with van der Waals surface area (Å²) in [5.41, 5.74) is 0. The molecule has 2 atom stereocenters. The number of likely N-dealkylation sites (N-methyl/N-ethyl adjacent to an activating group) is 1. The molecule has 4 heteroatoms. The molecule has 4 nitrogen and oxygen atoms in total. The molecule has 0 aromatic carbocycles. The Morgan fingerprint density at radius 1 is 1.50 bits per heavy atom. The summed E-state index contributed by atoms with van der Waals surface area (Å²) in [6, 6.07) is -0.381. The molecule has 1 N–H and O–H groups in total. The molecule has 0 bridgehead atoms. The van der Waals surface area contributed by atoms with Crippen LogP contribution in [0.2, 0.25) is 0 Å². The van der Waals surface area contributed by atoms with Gasteiger partial charge in [0.05, 0.1) is 12.1 Å². The van der Waals surface area contributed by atoms with Crippen LogP contribution in [0.25, 0.3) is 0 Å². The summed E-state index contributed by atoms with van der Waals surface area (Å²) in [6.45, 7) is 4.09. The Morgan fingerprint density at radius 2 is 2.14 bits per heavy atom. The second-order valence-corrected chi connectivity index (χ2v) is 3.81. The predicted molar refractivity (Wildman–Crippen MR) is 53.9 cm³/mol. The fourth-order valence-corrected chi connectivity index (χ4v) is 1.83. The predicted octanol–water partition coefficient (Wildman–Crippen LogP) is 0.174. The first-order chi connectivity index (χ1) is 6.57. The van der Waals surface area contributed by atoms with Crippen molar-refractivity contribution in [2.75, 3.05) is 13.6 Å². The van der Waals surface area contributed by atoms with Gasteiger partial charge in [0.25, 0.3) is 0 Å². The first kappa shape index (κ1) is 11.2. The van der Waals surface area contributed by atoms with Crippen LogP contribution >= 0.6 is 0 Å². The maximum atomic E-state index is 11.8. The van der Waals surface area contributed by atoms with E-state index in [1.54, 1.807) is 18.9 Å². The molecule has 0 saturated carbocycles. The second-order valence-electron chi connectivity index (χ2n) is 3.81. The molecule has 1 amide bonds. The highest BCUT2D eigenvalue weighted by molar-refractivity contribution is 5.90. The smallest absolute Gasteiger partial charge is 0.240 e. The second kappa shape index (κ2) is 4.55. The highest BCUT2D eigenvalue weighted by atomic mass is 16.2. The molecule has 0 spiro atoms. The standard InChI is InChI=1S/C10H18N2O2/c1-7(11-3)10(14)12-6-4-5-9(12)8(2)13/h7,9,11H,4-6H2,1-3H3/t7-,9-/m1/s1. The summed E-state index contributed by atoms with van der Waals surface area (Å²) in [5, 5.41) is 2.90. The van der Waals surface area contributed by atoms with Crippen LogP contribution in [0.4, 0.5) is 0 Å². The molecule has 1 fully saturated rings. The fourth-order valence-electron chi connectivity index (χ4n) is 1.83. The Balaban J connectivity index is 2.67. The lowest BCUT2D eigenvalue weighted by Crippen LogP contribution is -2.47. The average molecular weight is 198 g/mol. The molecule has 1 aliphatic heterocycles. The van der Waals surface area contributed by atoms with Gasteiger partial charge in [-0.15, -0.1) is 0 Å². The molecule has 0 aromatic heterocycles. The van der Waals surface area contributed by atoms with Crippen molar-refractivity contribution >= 4 is 11.7 Å². The molecule has 14 heavy (non-hydrogen) atoms. The van der Waals surface area contributed by atoms with Crippen LogP contribution in [0.1, 0.15) is 26.7 Å². The maximum absolute atomic E-state index is 11.8. The van der Waals surface area contributed by atoms with Crippen molar-refractivity contribution in [1.29, 1.82) is 0 Å². The van der Waals surface area contributed by atoms with Crippen molar-refractivity contribution < 1.29 is 9.59 Å². The van der Waals surface area contributed by atoms with Gasteiger partial charge in [0.1, 0.15) is 0 Å². The summed E-state index contributed by atoms with van der Waals surface area (Å²) in [6.07, 6.45) is 1.75. The van der Waals surface area contributed by atoms with Gasteiger partial charge in [-0.1, -0.05) is 0 Å². The van der Waals surface area contributed by atoms with Gasteiger partial charge in [0.15, 0.2) is 5.78 Å². The normalized spacial score (nSPS) is 23.6. The van der Waals surface area contributed by atoms with Gasteiger partial charge in [-0.05, 0) is 33.7 Å². The monoisotopic (exact) mass is 198 g/mol. The number of ketones is 1. The van der Waals surface area contributed by atoms with Gasteiger partial charge in [-0.25, -0.2) is 0 Å². The van der Waals surface area contributed by atoms with Gasteiger partial charge in [-0.2, -0.15) is 0 Å². The molecule has 0 aliphatic carbocycles. The molecule has 0 aromatic rings. The summed E-state index contributed by atoms with van der Waals surface area (Å²) in [4.78, 5) is 24.8. The Hall–Kier alpha value is -0.900. The van der Waals surface area contributed by atoms with E-state index in [1.165, 1.54) is 0 Å². The van der Waals surface area contributed by atoms with E-state index in [9.17, 15) is 9.59 Å². The number of nitrogens with zero attached hydrogens (tertiary/aromatic N) is 1. The van der Waals surface area contributed by atoms with Crippen LogP contribution in [0, 0.1) is 0 Å². The van der Waals surface area contributed by atoms with Crippen LogP contribution in [-0.2, 0) is 9.59 Å². The number of Topliss-reactive ketones (excluding diaryl/α,β-unsaturated/α-hetero) is 1. The summed E-state index contributed by atoms with van der Waals surface area (Å²) >= 11 is 0. The first-order valence-electron chi connectivity index (χ1n) is 5.06. The van der Waals surface area contributed by atoms with Crippen LogP contribution in [-0.4, -0.2) is 42.3 Å². The highest BCUT2D eigenvalue weighted by Crippen LogP contribution is 2.18. The molecule has 1 saturated heterocycles. The average Bonchev–Trinajstić information content (AvgIpc) is 2.63. The molecule has 1 aliphatic rings. The van der Waals surface area contributed by atoms with Crippen molar-refractivity contribution in [3.05, 3.63) is 0 Å². The van der Waals surface area contributed by atoms with E-state index in [2.05, 4.69) is 5.32 Å². The van der Waals surface area contributed by atoms with E-state index in [1.807, 2.05) is 6.92 Å². The Morgan fingerprint density at radius 3 is 2.64 bits per heavy atom. The molecule has 80 valence electrons. The minimum absolute atomic E-state index is 0.0326. The number of hydrogen-bond acceptors (Lipinski definition) is 3. The molecule has 1 heterocycles. The van der Waals surface area contributed by atoms with Gasteiger partial charge >= 0.3 is 0 Å². The summed E-state index contributed by atoms with van der Waals surface area (Å²) in [5.74, 6) is 0.129. The maximum Gasteiger partial charge on any atom is 0.240 e. The van der Waals surface area contributed by atoms with Crippen molar-refractivity contribution in [1.82, 2.24) is 10.2 Å². The number of hydrogen-bond donors (Lipinski definition) is 1. The molecular weight excluding hydrogens is 180 g/mol. The lowest BCUT2D eigenvalue weighted by Gasteiger charge is -2.25. The zero-order chi connectivity index (χ0) is 10.7. The Labute approximate surface area is 84.7 Å². The molecular formula is C10H18N2O2. The van der Waals surface area contributed by atoms with Gasteiger partial charge in [0.2, 0.25) is 5.91 Å². The number of amides is 1. The lowest BCUT2D eigenvalue weighted by atomic mass is 10.1. The van der Waals surface area contributed by atoms with Crippen LogP contribution in [0.15, 0.2) is 0 Å². The Kier molecular flexibility index (Phi) is 3.63. The fraction of sp³-hybridized carbons (Fsp3) is 0.800. The zero-order valence-electron chi connectivity index (χ0n) is 9.04. The highest BCUT2D eigenvalue weighted by Gasteiger charge is 2.33. The van der Waals surface area contributed by atoms with Crippen LogP contribution in [0.3, 0.4) is 0 Å². The van der Waals surface area contributed by atoms with Crippen LogP contribution < -0.4 is 5.32 Å². The Bertz CT molecular complexity index is 240. The van der Waals surface area contributed by atoms with E-state index in [4.69, 9.17) is 0 Å². The summed E-state index contributed by atoms with van der Waals surface area (Å²) in [7, 11) is 1.75.